The van der Waals surface area contributed by atoms with Crippen LogP contribution < -0.4 is 11.1 Å². The van der Waals surface area contributed by atoms with Gasteiger partial charge in [0.05, 0.1) is 16.1 Å². The second-order valence-electron chi connectivity index (χ2n) is 5.48. The number of sulfone groups is 1. The number of carbonyl (C=O) groups excluding carboxylic acids is 1. The fourth-order valence-corrected chi connectivity index (χ4v) is 3.70. The minimum atomic E-state index is -3.38. The van der Waals surface area contributed by atoms with Gasteiger partial charge in [-0.25, -0.2) is 8.42 Å². The van der Waals surface area contributed by atoms with Crippen LogP contribution in [0.15, 0.2) is 35.2 Å². The van der Waals surface area contributed by atoms with Gasteiger partial charge in [0.2, 0.25) is 5.91 Å². The molecule has 1 aromatic rings. The van der Waals surface area contributed by atoms with Crippen LogP contribution >= 0.6 is 0 Å². The van der Waals surface area contributed by atoms with Crippen molar-refractivity contribution in [3.05, 3.63) is 30.3 Å². The van der Waals surface area contributed by atoms with Gasteiger partial charge in [0, 0.05) is 26.3 Å². The molecule has 0 bridgehead atoms. The first-order valence-electron chi connectivity index (χ1n) is 7.34. The zero-order valence-electron chi connectivity index (χ0n) is 12.5. The van der Waals surface area contributed by atoms with Crippen molar-refractivity contribution in [2.24, 2.45) is 11.1 Å². The average molecular weight is 326 g/mol. The minimum absolute atomic E-state index is 0.0820. The molecule has 1 fully saturated rings. The fraction of sp³-hybridized carbons (Fsp3) is 0.533. The first-order valence-corrected chi connectivity index (χ1v) is 8.99. The Morgan fingerprint density at radius 3 is 2.45 bits per heavy atom. The summed E-state index contributed by atoms with van der Waals surface area (Å²) < 4.78 is 29.5. The first kappa shape index (κ1) is 16.9. The van der Waals surface area contributed by atoms with Gasteiger partial charge in [-0.3, -0.25) is 4.79 Å². The lowest BCUT2D eigenvalue weighted by molar-refractivity contribution is -0.135. The van der Waals surface area contributed by atoms with Crippen LogP contribution in [0.2, 0.25) is 0 Å². The van der Waals surface area contributed by atoms with Crippen molar-refractivity contribution in [2.45, 2.75) is 17.7 Å². The van der Waals surface area contributed by atoms with Crippen LogP contribution in [0.3, 0.4) is 0 Å². The molecule has 2 rings (SSSR count). The molecule has 1 amide bonds. The molecule has 3 N–H and O–H groups in total. The highest BCUT2D eigenvalue weighted by Gasteiger charge is 2.38. The van der Waals surface area contributed by atoms with Gasteiger partial charge >= 0.3 is 0 Å². The maximum Gasteiger partial charge on any atom is 0.227 e. The second kappa shape index (κ2) is 7.21. The van der Waals surface area contributed by atoms with E-state index in [2.05, 4.69) is 5.32 Å². The molecule has 1 aliphatic rings. The molecule has 0 spiro atoms. The molecule has 1 heterocycles. The molecule has 7 heteroatoms. The van der Waals surface area contributed by atoms with Crippen molar-refractivity contribution in [3.63, 3.8) is 0 Å². The SMILES string of the molecule is NCC1(C(=O)NCCS(=O)(=O)c2ccccc2)CCOCC1. The third-order valence-corrected chi connectivity index (χ3v) is 5.81. The van der Waals surface area contributed by atoms with E-state index in [0.29, 0.717) is 26.1 Å². The van der Waals surface area contributed by atoms with Crippen molar-refractivity contribution in [1.82, 2.24) is 5.32 Å². The molecule has 0 radical (unpaired) electrons. The van der Waals surface area contributed by atoms with E-state index < -0.39 is 15.3 Å². The van der Waals surface area contributed by atoms with Crippen LogP contribution in [-0.4, -0.2) is 46.4 Å². The zero-order valence-corrected chi connectivity index (χ0v) is 13.3. The molecule has 1 aromatic carbocycles. The lowest BCUT2D eigenvalue weighted by atomic mass is 9.79. The Bertz CT molecular complexity index is 595. The van der Waals surface area contributed by atoms with E-state index in [9.17, 15) is 13.2 Å². The Kier molecular flexibility index (Phi) is 5.55. The zero-order chi connectivity index (χ0) is 16.1. The molecular formula is C15H22N2O4S. The van der Waals surface area contributed by atoms with Crippen molar-refractivity contribution in [2.75, 3.05) is 32.1 Å². The standard InChI is InChI=1S/C15H22N2O4S/c16-12-15(6-9-21-10-7-15)14(18)17-8-11-22(19,20)13-4-2-1-3-5-13/h1-5H,6-12,16H2,(H,17,18). The predicted molar refractivity (Wildman–Crippen MR) is 83.0 cm³/mol. The van der Waals surface area contributed by atoms with Crippen LogP contribution in [-0.2, 0) is 19.4 Å². The largest absolute Gasteiger partial charge is 0.381 e. The van der Waals surface area contributed by atoms with Gasteiger partial charge in [0.1, 0.15) is 0 Å². The maximum absolute atomic E-state index is 12.3. The van der Waals surface area contributed by atoms with Gasteiger partial charge in [-0.15, -0.1) is 0 Å². The maximum atomic E-state index is 12.3. The lowest BCUT2D eigenvalue weighted by Crippen LogP contribution is -2.49. The van der Waals surface area contributed by atoms with Crippen molar-refractivity contribution in [1.29, 1.82) is 0 Å². The highest BCUT2D eigenvalue weighted by molar-refractivity contribution is 7.91. The number of hydrogen-bond donors (Lipinski definition) is 2. The third kappa shape index (κ3) is 3.85. The van der Waals surface area contributed by atoms with Crippen LogP contribution in [0, 0.1) is 5.41 Å². The molecule has 0 atom stereocenters. The molecular weight excluding hydrogens is 304 g/mol. The van der Waals surface area contributed by atoms with Crippen molar-refractivity contribution >= 4 is 15.7 Å². The molecule has 6 nitrogen and oxygen atoms in total. The van der Waals surface area contributed by atoms with E-state index in [-0.39, 0.29) is 29.6 Å². The van der Waals surface area contributed by atoms with Crippen LogP contribution in [0.4, 0.5) is 0 Å². The summed E-state index contributed by atoms with van der Waals surface area (Å²) in [5.74, 6) is -0.304. The van der Waals surface area contributed by atoms with Crippen LogP contribution in [0.5, 0.6) is 0 Å². The number of nitrogens with two attached hydrogens (primary N) is 1. The lowest BCUT2D eigenvalue weighted by Gasteiger charge is -2.34. The van der Waals surface area contributed by atoms with Crippen LogP contribution in [0.1, 0.15) is 12.8 Å². The fourth-order valence-electron chi connectivity index (χ4n) is 2.52. The Hall–Kier alpha value is -1.44. The highest BCUT2D eigenvalue weighted by atomic mass is 32.2. The van der Waals surface area contributed by atoms with Crippen molar-refractivity contribution in [3.8, 4) is 0 Å². The summed E-state index contributed by atoms with van der Waals surface area (Å²) in [6.45, 7) is 1.34. The monoisotopic (exact) mass is 326 g/mol. The summed E-state index contributed by atoms with van der Waals surface area (Å²) in [5.41, 5.74) is 5.12. The van der Waals surface area contributed by atoms with Gasteiger partial charge in [-0.2, -0.15) is 0 Å². The number of nitrogens with one attached hydrogen (secondary N) is 1. The van der Waals surface area contributed by atoms with E-state index >= 15 is 0 Å². The van der Waals surface area contributed by atoms with Gasteiger partial charge in [0.15, 0.2) is 9.84 Å². The Morgan fingerprint density at radius 2 is 1.86 bits per heavy atom. The Balaban J connectivity index is 1.91. The summed E-state index contributed by atoms with van der Waals surface area (Å²) in [6.07, 6.45) is 1.14. The molecule has 0 saturated carbocycles. The van der Waals surface area contributed by atoms with E-state index in [1.807, 2.05) is 0 Å². The highest BCUT2D eigenvalue weighted by Crippen LogP contribution is 2.29. The summed E-state index contributed by atoms with van der Waals surface area (Å²) in [4.78, 5) is 12.6. The molecule has 0 aromatic heterocycles. The van der Waals surface area contributed by atoms with E-state index in [4.69, 9.17) is 10.5 Å². The molecule has 1 saturated heterocycles. The van der Waals surface area contributed by atoms with Crippen LogP contribution in [0.25, 0.3) is 0 Å². The topological polar surface area (TPSA) is 98.5 Å². The van der Waals surface area contributed by atoms with Gasteiger partial charge < -0.3 is 15.8 Å². The first-order chi connectivity index (χ1) is 10.5. The number of ether oxygens (including phenoxy) is 1. The van der Waals surface area contributed by atoms with Gasteiger partial charge in [0.25, 0.3) is 0 Å². The average Bonchev–Trinajstić information content (AvgIpc) is 2.56. The number of rotatable bonds is 6. The number of hydrogen-bond acceptors (Lipinski definition) is 5. The minimum Gasteiger partial charge on any atom is -0.381 e. The quantitative estimate of drug-likeness (QED) is 0.785. The van der Waals surface area contributed by atoms with E-state index in [0.717, 1.165) is 0 Å². The Morgan fingerprint density at radius 1 is 1.23 bits per heavy atom. The number of benzene rings is 1. The molecule has 1 aliphatic heterocycles. The summed E-state index contributed by atoms with van der Waals surface area (Å²) in [5, 5.41) is 2.72. The normalized spacial score (nSPS) is 17.9. The van der Waals surface area contributed by atoms with Gasteiger partial charge in [-0.1, -0.05) is 18.2 Å². The molecule has 122 valence electrons. The van der Waals surface area contributed by atoms with Gasteiger partial charge in [-0.05, 0) is 25.0 Å². The Labute approximate surface area is 131 Å². The molecule has 0 aliphatic carbocycles. The smallest absolute Gasteiger partial charge is 0.227 e. The van der Waals surface area contributed by atoms with E-state index in [1.54, 1.807) is 30.3 Å². The summed E-state index contributed by atoms with van der Waals surface area (Å²) in [6, 6.07) is 8.22. The summed E-state index contributed by atoms with van der Waals surface area (Å²) >= 11 is 0. The molecule has 22 heavy (non-hydrogen) atoms. The van der Waals surface area contributed by atoms with E-state index in [1.165, 1.54) is 0 Å². The number of amides is 1. The second-order valence-corrected chi connectivity index (χ2v) is 7.59. The molecule has 0 unspecified atom stereocenters. The third-order valence-electron chi connectivity index (χ3n) is 4.08. The van der Waals surface area contributed by atoms with Crippen molar-refractivity contribution < 1.29 is 17.9 Å². The summed E-state index contributed by atoms with van der Waals surface area (Å²) in [7, 11) is -3.38. The predicted octanol–water partition coefficient (Wildman–Crippen LogP) is 0.332. The number of carbonyl (C=O) groups is 1.